The summed E-state index contributed by atoms with van der Waals surface area (Å²) in [5.74, 6) is -1.71. The summed E-state index contributed by atoms with van der Waals surface area (Å²) in [6, 6.07) is 11.7. The molecule has 1 saturated heterocycles. The van der Waals surface area contributed by atoms with Gasteiger partial charge in [-0.15, -0.1) is 0 Å². The van der Waals surface area contributed by atoms with Crippen molar-refractivity contribution in [1.82, 2.24) is 15.2 Å². The molecule has 0 bridgehead atoms. The molecular weight excluding hydrogens is 518 g/mol. The van der Waals surface area contributed by atoms with Gasteiger partial charge in [0, 0.05) is 42.4 Å². The number of carbonyl (C=O) groups is 4. The molecule has 0 spiro atoms. The molecule has 198 valence electrons. The van der Waals surface area contributed by atoms with E-state index in [0.29, 0.717) is 23.5 Å². The van der Waals surface area contributed by atoms with Crippen LogP contribution in [0.5, 0.6) is 0 Å². The Morgan fingerprint density at radius 1 is 1.00 bits per heavy atom. The minimum absolute atomic E-state index is 0.0492. The summed E-state index contributed by atoms with van der Waals surface area (Å²) in [4.78, 5) is 56.3. The van der Waals surface area contributed by atoms with E-state index in [9.17, 15) is 23.4 Å². The van der Waals surface area contributed by atoms with E-state index < -0.39 is 40.7 Å². The van der Waals surface area contributed by atoms with Gasteiger partial charge in [-0.1, -0.05) is 6.07 Å². The quantitative estimate of drug-likeness (QED) is 0.484. The minimum atomic E-state index is -1.15. The highest BCUT2D eigenvalue weighted by molar-refractivity contribution is 7.86. The monoisotopic (exact) mass is 543 g/mol. The van der Waals surface area contributed by atoms with Crippen molar-refractivity contribution >= 4 is 51.7 Å². The third-order valence-corrected chi connectivity index (χ3v) is 8.72. The number of pyridine rings is 1. The number of piperidine rings is 1. The molecule has 0 radical (unpaired) electrons. The van der Waals surface area contributed by atoms with Gasteiger partial charge in [0.05, 0.1) is 22.5 Å². The first-order chi connectivity index (χ1) is 18.7. The molecular formula is C28H25N5O5S. The molecule has 3 aromatic rings. The second-order valence-electron chi connectivity index (χ2n) is 9.79. The van der Waals surface area contributed by atoms with E-state index in [4.69, 9.17) is 0 Å². The van der Waals surface area contributed by atoms with Crippen molar-refractivity contribution in [3.8, 4) is 11.1 Å². The lowest BCUT2D eigenvalue weighted by atomic mass is 9.97. The van der Waals surface area contributed by atoms with Gasteiger partial charge < -0.3 is 5.32 Å². The first kappa shape index (κ1) is 24.9. The molecule has 10 nitrogen and oxygen atoms in total. The van der Waals surface area contributed by atoms with Gasteiger partial charge in [0.1, 0.15) is 17.0 Å². The van der Waals surface area contributed by atoms with Crippen molar-refractivity contribution in [2.24, 2.45) is 0 Å². The second kappa shape index (κ2) is 9.42. The molecule has 1 aromatic heterocycles. The van der Waals surface area contributed by atoms with E-state index in [1.54, 1.807) is 35.7 Å². The van der Waals surface area contributed by atoms with E-state index in [1.165, 1.54) is 0 Å². The maximum atomic E-state index is 13.6. The number of amides is 4. The van der Waals surface area contributed by atoms with Crippen LogP contribution in [-0.4, -0.2) is 56.6 Å². The summed E-state index contributed by atoms with van der Waals surface area (Å²) in [5, 5.41) is 5.59. The zero-order valence-electron chi connectivity index (χ0n) is 21.3. The first-order valence-electron chi connectivity index (χ1n) is 12.6. The number of nitrogens with one attached hydrogen (secondary N) is 2. The highest BCUT2D eigenvalue weighted by Gasteiger charge is 2.45. The Balaban J connectivity index is 1.44. The molecule has 4 heterocycles. The Kier molecular flexibility index (Phi) is 6.02. The normalized spacial score (nSPS) is 20.6. The topological polar surface area (TPSA) is 129 Å². The molecule has 11 heteroatoms. The van der Waals surface area contributed by atoms with E-state index in [2.05, 4.69) is 21.7 Å². The van der Waals surface area contributed by atoms with Crippen LogP contribution in [0.25, 0.3) is 11.1 Å². The van der Waals surface area contributed by atoms with Gasteiger partial charge in [0.2, 0.25) is 11.8 Å². The second-order valence-corrected chi connectivity index (χ2v) is 11.4. The summed E-state index contributed by atoms with van der Waals surface area (Å²) < 4.78 is 14.3. The smallest absolute Gasteiger partial charge is 0.264 e. The standard InChI is InChI=1S/C28H25N5O5S/c1-15-12-16(8-10-29-15)19-13-17-9-11-39(38)32(2)23(17)14-21(19)30-20-5-3-4-18-25(20)28(37)33(27(18)36)22-6-7-24(34)31-26(22)35/h3-5,8,10,12-14,22,30H,6-7,9,11H2,1-2H3,(H,31,34,35). The van der Waals surface area contributed by atoms with Crippen LogP contribution < -0.4 is 14.9 Å². The predicted molar refractivity (Wildman–Crippen MR) is 146 cm³/mol. The predicted octanol–water partition coefficient (Wildman–Crippen LogP) is 2.86. The minimum Gasteiger partial charge on any atom is -0.354 e. The van der Waals surface area contributed by atoms with Crippen LogP contribution in [0, 0.1) is 6.92 Å². The van der Waals surface area contributed by atoms with Crippen molar-refractivity contribution in [3.63, 3.8) is 0 Å². The van der Waals surface area contributed by atoms with E-state index in [0.717, 1.165) is 33.0 Å². The zero-order chi connectivity index (χ0) is 27.4. The number of aryl methyl sites for hydroxylation is 2. The lowest BCUT2D eigenvalue weighted by molar-refractivity contribution is -0.136. The average Bonchev–Trinajstić information content (AvgIpc) is 3.17. The Labute approximate surface area is 227 Å². The SMILES string of the molecule is Cc1cc(-c2cc3c(cc2Nc2cccc4c2C(=O)N(C2CCC(=O)NC2=O)C4=O)N(C)S(=O)CC3)ccn1. The number of hydrogen-bond acceptors (Lipinski definition) is 7. The van der Waals surface area contributed by atoms with Crippen LogP contribution in [0.4, 0.5) is 17.1 Å². The van der Waals surface area contributed by atoms with Crippen LogP contribution in [0.3, 0.4) is 0 Å². The summed E-state index contributed by atoms with van der Waals surface area (Å²) in [5.41, 5.74) is 5.93. The summed E-state index contributed by atoms with van der Waals surface area (Å²) >= 11 is 0. The Bertz CT molecular complexity index is 1620. The Morgan fingerprint density at radius 2 is 1.82 bits per heavy atom. The third-order valence-electron chi connectivity index (χ3n) is 7.35. The molecule has 39 heavy (non-hydrogen) atoms. The Hall–Kier alpha value is -4.38. The third kappa shape index (κ3) is 4.19. The molecule has 0 aliphatic carbocycles. The number of fused-ring (bicyclic) bond motifs is 2. The van der Waals surface area contributed by atoms with E-state index in [-0.39, 0.29) is 24.0 Å². The summed E-state index contributed by atoms with van der Waals surface area (Å²) in [6.07, 6.45) is 2.53. The van der Waals surface area contributed by atoms with Gasteiger partial charge in [0.15, 0.2) is 0 Å². The first-order valence-corrected chi connectivity index (χ1v) is 13.8. The maximum Gasteiger partial charge on any atom is 0.264 e. The molecule has 6 rings (SSSR count). The summed E-state index contributed by atoms with van der Waals surface area (Å²) in [6.45, 7) is 1.91. The molecule has 2 atom stereocenters. The van der Waals surface area contributed by atoms with Gasteiger partial charge in [-0.25, -0.2) is 4.21 Å². The molecule has 4 amide bonds. The van der Waals surface area contributed by atoms with E-state index >= 15 is 0 Å². The van der Waals surface area contributed by atoms with Crippen molar-refractivity contribution in [1.29, 1.82) is 0 Å². The number of nitrogens with zero attached hydrogens (tertiary/aromatic N) is 3. The number of anilines is 3. The molecule has 2 N–H and O–H groups in total. The van der Waals surface area contributed by atoms with Crippen LogP contribution in [0.1, 0.15) is 44.8 Å². The molecule has 3 aliphatic rings. The molecule has 2 aromatic carbocycles. The van der Waals surface area contributed by atoms with Gasteiger partial charge in [0.25, 0.3) is 11.8 Å². The number of hydrogen-bond donors (Lipinski definition) is 2. The van der Waals surface area contributed by atoms with Crippen LogP contribution >= 0.6 is 0 Å². The number of aromatic nitrogens is 1. The lowest BCUT2D eigenvalue weighted by Crippen LogP contribution is -2.54. The van der Waals surface area contributed by atoms with Crippen LogP contribution in [0.15, 0.2) is 48.7 Å². The highest BCUT2D eigenvalue weighted by atomic mass is 32.2. The van der Waals surface area contributed by atoms with Crippen LogP contribution in [0.2, 0.25) is 0 Å². The average molecular weight is 544 g/mol. The van der Waals surface area contributed by atoms with Gasteiger partial charge in [-0.2, -0.15) is 0 Å². The number of carbonyl (C=O) groups excluding carboxylic acids is 4. The molecule has 1 fully saturated rings. The number of rotatable bonds is 4. The summed E-state index contributed by atoms with van der Waals surface area (Å²) in [7, 11) is 0.635. The lowest BCUT2D eigenvalue weighted by Gasteiger charge is -2.28. The highest BCUT2D eigenvalue weighted by Crippen LogP contribution is 2.41. The zero-order valence-corrected chi connectivity index (χ0v) is 22.1. The van der Waals surface area contributed by atoms with Gasteiger partial charge in [-0.3, -0.25) is 38.7 Å². The molecule has 2 unspecified atom stereocenters. The van der Waals surface area contributed by atoms with Crippen molar-refractivity contribution in [2.45, 2.75) is 32.2 Å². The Morgan fingerprint density at radius 3 is 2.59 bits per heavy atom. The molecule has 0 saturated carbocycles. The number of imide groups is 2. The fourth-order valence-electron chi connectivity index (χ4n) is 5.39. The van der Waals surface area contributed by atoms with E-state index in [1.807, 2.05) is 25.1 Å². The molecule has 3 aliphatic heterocycles. The number of benzene rings is 2. The van der Waals surface area contributed by atoms with Gasteiger partial charge >= 0.3 is 0 Å². The van der Waals surface area contributed by atoms with Crippen molar-refractivity contribution < 1.29 is 23.4 Å². The fraction of sp³-hybridized carbons (Fsp3) is 0.250. The van der Waals surface area contributed by atoms with Crippen molar-refractivity contribution in [2.75, 3.05) is 22.4 Å². The largest absolute Gasteiger partial charge is 0.354 e. The maximum absolute atomic E-state index is 13.6. The van der Waals surface area contributed by atoms with Crippen molar-refractivity contribution in [3.05, 3.63) is 71.0 Å². The van der Waals surface area contributed by atoms with Crippen LogP contribution in [-0.2, 0) is 27.0 Å². The van der Waals surface area contributed by atoms with Gasteiger partial charge in [-0.05, 0) is 67.3 Å². The fourth-order valence-corrected chi connectivity index (χ4v) is 6.45.